The van der Waals surface area contributed by atoms with E-state index in [-0.39, 0.29) is 0 Å². The van der Waals surface area contributed by atoms with E-state index in [1.165, 1.54) is 0 Å². The Hall–Kier alpha value is -1.12. The first-order valence-corrected chi connectivity index (χ1v) is 3.70. The van der Waals surface area contributed by atoms with E-state index in [0.717, 1.165) is 16.9 Å². The number of anilines is 1. The Kier molecular flexibility index (Phi) is 2.08. The first kappa shape index (κ1) is 7.98. The lowest BCUT2D eigenvalue weighted by Crippen LogP contribution is -2.02. The molecule has 0 aliphatic carbocycles. The van der Waals surface area contributed by atoms with Crippen molar-refractivity contribution in [2.45, 2.75) is 26.7 Å². The Morgan fingerprint density at radius 3 is 2.55 bits per heavy atom. The van der Waals surface area contributed by atoms with Crippen LogP contribution in [0.5, 0.6) is 0 Å². The molecule has 0 spiro atoms. The molecule has 3 heteroatoms. The third-order valence-corrected chi connectivity index (χ3v) is 1.73. The molecule has 1 heterocycles. The summed E-state index contributed by atoms with van der Waals surface area (Å²) >= 11 is 0. The third-order valence-electron chi connectivity index (χ3n) is 1.73. The Bertz CT molecular complexity index is 256. The van der Waals surface area contributed by atoms with E-state index >= 15 is 0 Å². The second-order valence-corrected chi connectivity index (χ2v) is 2.96. The van der Waals surface area contributed by atoms with E-state index in [1.54, 1.807) is 6.20 Å². The van der Waals surface area contributed by atoms with Gasteiger partial charge in [0.1, 0.15) is 0 Å². The molecule has 0 radical (unpaired) electrons. The highest BCUT2D eigenvalue weighted by Crippen LogP contribution is 2.18. The minimum atomic E-state index is 0.394. The number of hydrogen-bond donors (Lipinski definition) is 1. The fraction of sp³-hybridized carbons (Fsp3) is 0.500. The monoisotopic (exact) mass is 151 g/mol. The summed E-state index contributed by atoms with van der Waals surface area (Å²) in [5.74, 6) is 0.394. The lowest BCUT2D eigenvalue weighted by Gasteiger charge is -2.07. The van der Waals surface area contributed by atoms with E-state index in [2.05, 4.69) is 24.0 Å². The van der Waals surface area contributed by atoms with Gasteiger partial charge in [-0.1, -0.05) is 13.8 Å². The smallest absolute Gasteiger partial charge is 0.0728 e. The highest BCUT2D eigenvalue weighted by atomic mass is 15.1. The molecule has 1 aromatic heterocycles. The van der Waals surface area contributed by atoms with E-state index in [1.807, 2.05) is 6.92 Å². The second kappa shape index (κ2) is 2.86. The summed E-state index contributed by atoms with van der Waals surface area (Å²) in [5, 5.41) is 7.80. The fourth-order valence-corrected chi connectivity index (χ4v) is 1.02. The number of hydrogen-bond acceptors (Lipinski definition) is 3. The summed E-state index contributed by atoms with van der Waals surface area (Å²) < 4.78 is 0. The molecule has 2 N–H and O–H groups in total. The van der Waals surface area contributed by atoms with Crippen molar-refractivity contribution in [1.82, 2.24) is 10.2 Å². The second-order valence-electron chi connectivity index (χ2n) is 2.96. The summed E-state index contributed by atoms with van der Waals surface area (Å²) in [6.45, 7) is 6.13. The molecule has 1 aromatic rings. The topological polar surface area (TPSA) is 51.8 Å². The average Bonchev–Trinajstić information content (AvgIpc) is 1.94. The van der Waals surface area contributed by atoms with Crippen LogP contribution in [-0.2, 0) is 0 Å². The summed E-state index contributed by atoms with van der Waals surface area (Å²) in [7, 11) is 0. The Morgan fingerprint density at radius 1 is 1.45 bits per heavy atom. The largest absolute Gasteiger partial charge is 0.397 e. The molecule has 0 amide bonds. The molecular weight excluding hydrogens is 138 g/mol. The van der Waals surface area contributed by atoms with Crippen LogP contribution in [0.25, 0.3) is 0 Å². The highest BCUT2D eigenvalue weighted by Gasteiger charge is 2.06. The molecule has 60 valence electrons. The normalized spacial score (nSPS) is 10.5. The van der Waals surface area contributed by atoms with Gasteiger partial charge in [0.2, 0.25) is 0 Å². The maximum atomic E-state index is 5.66. The van der Waals surface area contributed by atoms with Crippen LogP contribution in [-0.4, -0.2) is 10.2 Å². The molecule has 0 saturated carbocycles. The molecule has 0 aromatic carbocycles. The minimum absolute atomic E-state index is 0.394. The van der Waals surface area contributed by atoms with Gasteiger partial charge in [0, 0.05) is 0 Å². The van der Waals surface area contributed by atoms with Crippen LogP contribution < -0.4 is 5.73 Å². The molecule has 0 bridgehead atoms. The van der Waals surface area contributed by atoms with Crippen LogP contribution in [0.1, 0.15) is 31.0 Å². The molecule has 3 nitrogen and oxygen atoms in total. The molecule has 0 aliphatic heterocycles. The summed E-state index contributed by atoms with van der Waals surface area (Å²) in [6.07, 6.45) is 1.58. The maximum Gasteiger partial charge on any atom is 0.0728 e. The summed E-state index contributed by atoms with van der Waals surface area (Å²) in [5.41, 5.74) is 8.42. The van der Waals surface area contributed by atoms with Crippen molar-refractivity contribution in [2.75, 3.05) is 5.73 Å². The molecule has 1 rings (SSSR count). The van der Waals surface area contributed by atoms with Crippen molar-refractivity contribution in [3.8, 4) is 0 Å². The van der Waals surface area contributed by atoms with E-state index in [0.29, 0.717) is 5.92 Å². The SMILES string of the molecule is Cc1c(N)cnnc1C(C)C. The number of rotatable bonds is 1. The zero-order chi connectivity index (χ0) is 8.43. The maximum absolute atomic E-state index is 5.66. The zero-order valence-corrected chi connectivity index (χ0v) is 7.13. The van der Waals surface area contributed by atoms with E-state index in [9.17, 15) is 0 Å². The van der Waals surface area contributed by atoms with Crippen molar-refractivity contribution in [3.63, 3.8) is 0 Å². The molecule has 0 saturated heterocycles. The molecule has 11 heavy (non-hydrogen) atoms. The summed E-state index contributed by atoms with van der Waals surface area (Å²) in [4.78, 5) is 0. The molecular formula is C8H13N3. The van der Waals surface area contributed by atoms with Gasteiger partial charge >= 0.3 is 0 Å². The highest BCUT2D eigenvalue weighted by molar-refractivity contribution is 5.45. The predicted octanol–water partition coefficient (Wildman–Crippen LogP) is 1.49. The van der Waals surface area contributed by atoms with Crippen LogP contribution in [0.2, 0.25) is 0 Å². The van der Waals surface area contributed by atoms with Crippen molar-refractivity contribution < 1.29 is 0 Å². The van der Waals surface area contributed by atoms with Gasteiger partial charge in [-0.3, -0.25) is 0 Å². The van der Waals surface area contributed by atoms with Crippen LogP contribution in [0.3, 0.4) is 0 Å². The van der Waals surface area contributed by atoms with Crippen LogP contribution in [0.15, 0.2) is 6.20 Å². The Balaban J connectivity index is 3.17. The number of aromatic nitrogens is 2. The van der Waals surface area contributed by atoms with Crippen LogP contribution in [0, 0.1) is 6.92 Å². The Labute approximate surface area is 66.6 Å². The molecule has 0 unspecified atom stereocenters. The van der Waals surface area contributed by atoms with Crippen molar-refractivity contribution in [3.05, 3.63) is 17.5 Å². The van der Waals surface area contributed by atoms with Gasteiger partial charge in [-0.25, -0.2) is 0 Å². The van der Waals surface area contributed by atoms with E-state index in [4.69, 9.17) is 5.73 Å². The molecule has 0 aliphatic rings. The third kappa shape index (κ3) is 1.48. The zero-order valence-electron chi connectivity index (χ0n) is 7.13. The van der Waals surface area contributed by atoms with Crippen molar-refractivity contribution >= 4 is 5.69 Å². The number of nitrogens with two attached hydrogens (primary N) is 1. The van der Waals surface area contributed by atoms with Crippen molar-refractivity contribution in [1.29, 1.82) is 0 Å². The molecule has 0 atom stereocenters. The number of nitrogens with zero attached hydrogens (tertiary/aromatic N) is 2. The van der Waals surface area contributed by atoms with Crippen LogP contribution in [0.4, 0.5) is 5.69 Å². The van der Waals surface area contributed by atoms with Gasteiger partial charge < -0.3 is 5.73 Å². The van der Waals surface area contributed by atoms with Gasteiger partial charge in [-0.15, -0.1) is 0 Å². The minimum Gasteiger partial charge on any atom is -0.397 e. The average molecular weight is 151 g/mol. The Morgan fingerprint density at radius 2 is 2.09 bits per heavy atom. The first-order valence-electron chi connectivity index (χ1n) is 3.70. The van der Waals surface area contributed by atoms with Crippen molar-refractivity contribution in [2.24, 2.45) is 0 Å². The van der Waals surface area contributed by atoms with Gasteiger partial charge in [0.15, 0.2) is 0 Å². The van der Waals surface area contributed by atoms with Gasteiger partial charge in [0.05, 0.1) is 17.6 Å². The van der Waals surface area contributed by atoms with Gasteiger partial charge in [0.25, 0.3) is 0 Å². The lowest BCUT2D eigenvalue weighted by atomic mass is 10.1. The van der Waals surface area contributed by atoms with Gasteiger partial charge in [-0.05, 0) is 18.4 Å². The summed E-state index contributed by atoms with van der Waals surface area (Å²) in [6, 6.07) is 0. The molecule has 0 fully saturated rings. The first-order chi connectivity index (χ1) is 5.13. The van der Waals surface area contributed by atoms with E-state index < -0.39 is 0 Å². The predicted molar refractivity (Wildman–Crippen MR) is 45.3 cm³/mol. The van der Waals surface area contributed by atoms with Crippen LogP contribution >= 0.6 is 0 Å². The quantitative estimate of drug-likeness (QED) is 0.661. The standard InChI is InChI=1S/C8H13N3/c1-5(2)8-6(3)7(9)4-10-11-8/h4-5H,1-3H3,(H2,9,11). The lowest BCUT2D eigenvalue weighted by molar-refractivity contribution is 0.775. The van der Waals surface area contributed by atoms with Gasteiger partial charge in [-0.2, -0.15) is 10.2 Å². The number of nitrogen functional groups attached to an aromatic ring is 1. The fourth-order valence-electron chi connectivity index (χ4n) is 1.02.